The first kappa shape index (κ1) is 13.5. The molecule has 1 heterocycles. The molecule has 19 heavy (non-hydrogen) atoms. The maximum atomic E-state index is 10.5. The van der Waals surface area contributed by atoms with Gasteiger partial charge >= 0.3 is 0 Å². The van der Waals surface area contributed by atoms with Crippen molar-refractivity contribution in [2.45, 2.75) is 26.9 Å². The number of hydrogen-bond donors (Lipinski definition) is 1. The summed E-state index contributed by atoms with van der Waals surface area (Å²) in [5.74, 6) is 0.450. The Morgan fingerprint density at radius 2 is 1.68 bits per heavy atom. The van der Waals surface area contributed by atoms with Crippen LogP contribution in [-0.2, 0) is 0 Å². The van der Waals surface area contributed by atoms with Gasteiger partial charge in [-0.2, -0.15) is 0 Å². The van der Waals surface area contributed by atoms with Gasteiger partial charge in [0.1, 0.15) is 12.4 Å². The van der Waals surface area contributed by atoms with E-state index in [0.29, 0.717) is 11.6 Å². The number of benzene rings is 1. The van der Waals surface area contributed by atoms with Crippen LogP contribution in [0.3, 0.4) is 0 Å². The summed E-state index contributed by atoms with van der Waals surface area (Å²) in [5, 5.41) is 10.5. The molecule has 4 heteroatoms. The first-order chi connectivity index (χ1) is 9.02. The molecule has 0 spiro atoms. The van der Waals surface area contributed by atoms with Gasteiger partial charge in [0, 0.05) is 6.07 Å². The van der Waals surface area contributed by atoms with E-state index in [0.717, 1.165) is 16.7 Å². The topological polar surface area (TPSA) is 55.2 Å². The van der Waals surface area contributed by atoms with Gasteiger partial charge in [0.25, 0.3) is 0 Å². The van der Waals surface area contributed by atoms with Gasteiger partial charge in [-0.05, 0) is 43.0 Å². The maximum Gasteiger partial charge on any atom is 0.216 e. The molecule has 0 amide bonds. The van der Waals surface area contributed by atoms with E-state index in [1.165, 1.54) is 11.9 Å². The number of aliphatic hydroxyl groups is 1. The minimum absolute atomic E-state index is 0.450. The van der Waals surface area contributed by atoms with Crippen molar-refractivity contribution in [3.8, 4) is 5.88 Å². The van der Waals surface area contributed by atoms with Crippen LogP contribution in [0, 0.1) is 20.8 Å². The van der Waals surface area contributed by atoms with E-state index in [1.54, 1.807) is 13.2 Å². The van der Waals surface area contributed by atoms with Crippen LogP contribution in [0.5, 0.6) is 5.88 Å². The van der Waals surface area contributed by atoms with Crippen LogP contribution in [0.2, 0.25) is 0 Å². The monoisotopic (exact) mass is 258 g/mol. The Balaban J connectivity index is 2.43. The normalized spacial score (nSPS) is 12.3. The Hall–Kier alpha value is -1.94. The van der Waals surface area contributed by atoms with Gasteiger partial charge in [-0.3, -0.25) is 0 Å². The Labute approximate surface area is 113 Å². The lowest BCUT2D eigenvalue weighted by Crippen LogP contribution is -2.06. The fraction of sp³-hybridized carbons (Fsp3) is 0.333. The zero-order valence-electron chi connectivity index (χ0n) is 11.6. The van der Waals surface area contributed by atoms with E-state index in [2.05, 4.69) is 23.0 Å². The molecule has 1 aromatic carbocycles. The number of aryl methyl sites for hydroxylation is 3. The molecule has 0 bridgehead atoms. The summed E-state index contributed by atoms with van der Waals surface area (Å²) in [6.45, 7) is 6.08. The first-order valence-corrected chi connectivity index (χ1v) is 6.14. The highest BCUT2D eigenvalue weighted by Crippen LogP contribution is 2.26. The standard InChI is InChI=1S/C15H18N2O2/c1-9-5-11(3)12(6-10(9)2)15(18)13-7-14(19-4)17-8-16-13/h5-8,15,18H,1-4H3. The van der Waals surface area contributed by atoms with Gasteiger partial charge in [-0.1, -0.05) is 12.1 Å². The Kier molecular flexibility index (Phi) is 3.81. The molecule has 100 valence electrons. The molecular formula is C15H18N2O2. The molecule has 0 aliphatic heterocycles. The molecule has 1 N–H and O–H groups in total. The number of aromatic nitrogens is 2. The van der Waals surface area contributed by atoms with E-state index >= 15 is 0 Å². The third-order valence-corrected chi connectivity index (χ3v) is 3.33. The molecular weight excluding hydrogens is 240 g/mol. The minimum Gasteiger partial charge on any atom is -0.481 e. The van der Waals surface area contributed by atoms with Crippen LogP contribution >= 0.6 is 0 Å². The molecule has 1 aromatic heterocycles. The summed E-state index contributed by atoms with van der Waals surface area (Å²) < 4.78 is 5.05. The van der Waals surface area contributed by atoms with Crippen molar-refractivity contribution < 1.29 is 9.84 Å². The molecule has 0 saturated carbocycles. The fourth-order valence-corrected chi connectivity index (χ4v) is 2.05. The SMILES string of the molecule is COc1cc(C(O)c2cc(C)c(C)cc2C)ncn1. The average molecular weight is 258 g/mol. The summed E-state index contributed by atoms with van der Waals surface area (Å²) in [6, 6.07) is 5.73. The van der Waals surface area contributed by atoms with Crippen molar-refractivity contribution in [1.82, 2.24) is 9.97 Å². The molecule has 0 aliphatic carbocycles. The fourth-order valence-electron chi connectivity index (χ4n) is 2.05. The van der Waals surface area contributed by atoms with E-state index in [9.17, 15) is 5.11 Å². The Bertz CT molecular complexity index is 597. The smallest absolute Gasteiger partial charge is 0.216 e. The average Bonchev–Trinajstić information content (AvgIpc) is 2.42. The van der Waals surface area contributed by atoms with Crippen molar-refractivity contribution in [3.05, 3.63) is 52.5 Å². The van der Waals surface area contributed by atoms with Crippen LogP contribution in [0.15, 0.2) is 24.5 Å². The second-order valence-electron chi connectivity index (χ2n) is 4.68. The lowest BCUT2D eigenvalue weighted by Gasteiger charge is -2.15. The molecule has 0 aliphatic rings. The molecule has 1 atom stereocenters. The minimum atomic E-state index is -0.767. The Morgan fingerprint density at radius 3 is 2.37 bits per heavy atom. The predicted molar refractivity (Wildman–Crippen MR) is 73.3 cm³/mol. The number of ether oxygens (including phenoxy) is 1. The second kappa shape index (κ2) is 5.36. The van der Waals surface area contributed by atoms with Gasteiger partial charge in [0.2, 0.25) is 5.88 Å². The third-order valence-electron chi connectivity index (χ3n) is 3.33. The molecule has 1 unspecified atom stereocenters. The highest BCUT2D eigenvalue weighted by molar-refractivity contribution is 5.40. The largest absolute Gasteiger partial charge is 0.481 e. The third kappa shape index (κ3) is 2.74. The Morgan fingerprint density at radius 1 is 1.00 bits per heavy atom. The van der Waals surface area contributed by atoms with Crippen molar-refractivity contribution >= 4 is 0 Å². The zero-order chi connectivity index (χ0) is 14.0. The summed E-state index contributed by atoms with van der Waals surface area (Å²) in [5.41, 5.74) is 4.82. The summed E-state index contributed by atoms with van der Waals surface area (Å²) in [6.07, 6.45) is 0.629. The van der Waals surface area contributed by atoms with Gasteiger partial charge in [-0.25, -0.2) is 9.97 Å². The van der Waals surface area contributed by atoms with E-state index < -0.39 is 6.10 Å². The predicted octanol–water partition coefficient (Wildman–Crippen LogP) is 2.49. The van der Waals surface area contributed by atoms with Crippen LogP contribution < -0.4 is 4.74 Å². The molecule has 0 saturated heterocycles. The lowest BCUT2D eigenvalue weighted by atomic mass is 9.96. The van der Waals surface area contributed by atoms with Crippen LogP contribution in [0.4, 0.5) is 0 Å². The number of nitrogens with zero attached hydrogens (tertiary/aromatic N) is 2. The first-order valence-electron chi connectivity index (χ1n) is 6.14. The summed E-state index contributed by atoms with van der Waals surface area (Å²) in [4.78, 5) is 8.06. The van der Waals surface area contributed by atoms with Gasteiger partial charge in [0.05, 0.1) is 12.8 Å². The molecule has 0 radical (unpaired) electrons. The molecule has 4 nitrogen and oxygen atoms in total. The van der Waals surface area contributed by atoms with E-state index in [4.69, 9.17) is 4.74 Å². The molecule has 2 rings (SSSR count). The zero-order valence-corrected chi connectivity index (χ0v) is 11.6. The quantitative estimate of drug-likeness (QED) is 0.919. The molecule has 2 aromatic rings. The second-order valence-corrected chi connectivity index (χ2v) is 4.68. The van der Waals surface area contributed by atoms with Crippen LogP contribution in [-0.4, -0.2) is 22.2 Å². The van der Waals surface area contributed by atoms with Crippen molar-refractivity contribution in [1.29, 1.82) is 0 Å². The van der Waals surface area contributed by atoms with E-state index in [-0.39, 0.29) is 0 Å². The highest BCUT2D eigenvalue weighted by atomic mass is 16.5. The summed E-state index contributed by atoms with van der Waals surface area (Å²) in [7, 11) is 1.54. The number of rotatable bonds is 3. The van der Waals surface area contributed by atoms with Crippen molar-refractivity contribution in [2.24, 2.45) is 0 Å². The van der Waals surface area contributed by atoms with Crippen LogP contribution in [0.25, 0.3) is 0 Å². The van der Waals surface area contributed by atoms with Gasteiger partial charge in [0.15, 0.2) is 0 Å². The summed E-state index contributed by atoms with van der Waals surface area (Å²) >= 11 is 0. The van der Waals surface area contributed by atoms with Crippen molar-refractivity contribution in [2.75, 3.05) is 7.11 Å². The number of methoxy groups -OCH3 is 1. The van der Waals surface area contributed by atoms with Gasteiger partial charge < -0.3 is 9.84 Å². The lowest BCUT2D eigenvalue weighted by molar-refractivity contribution is 0.213. The molecule has 0 fully saturated rings. The van der Waals surface area contributed by atoms with Gasteiger partial charge in [-0.15, -0.1) is 0 Å². The maximum absolute atomic E-state index is 10.5. The number of hydrogen-bond acceptors (Lipinski definition) is 4. The highest BCUT2D eigenvalue weighted by Gasteiger charge is 2.16. The van der Waals surface area contributed by atoms with Crippen molar-refractivity contribution in [3.63, 3.8) is 0 Å². The van der Waals surface area contributed by atoms with E-state index in [1.807, 2.05) is 19.9 Å². The van der Waals surface area contributed by atoms with Crippen LogP contribution in [0.1, 0.15) is 34.1 Å². The number of aliphatic hydroxyl groups excluding tert-OH is 1.